The van der Waals surface area contributed by atoms with Gasteiger partial charge in [-0.05, 0) is 0 Å². The van der Waals surface area contributed by atoms with E-state index >= 15 is 0 Å². The fourth-order valence-corrected chi connectivity index (χ4v) is 0.0227. The molecule has 0 aliphatic carbocycles. The largest absolute Gasteiger partial charge is 1.00 e. The van der Waals surface area contributed by atoms with Crippen LogP contribution in [0.4, 0.5) is 0 Å². The van der Waals surface area contributed by atoms with Crippen molar-refractivity contribution in [1.82, 2.24) is 0 Å². The first kappa shape index (κ1) is 9.46. The Morgan fingerprint density at radius 1 is 1.33 bits per heavy atom. The van der Waals surface area contributed by atoms with E-state index < -0.39 is 0 Å². The summed E-state index contributed by atoms with van der Waals surface area (Å²) in [5.41, 5.74) is 0. The summed E-state index contributed by atoms with van der Waals surface area (Å²) in [5.74, 6) is 0. The number of carbonyl (C=O) groups is 2. The van der Waals surface area contributed by atoms with Crippen LogP contribution in [0, 0.1) is 0 Å². The maximum Gasteiger partial charge on any atom is 1.00 e. The summed E-state index contributed by atoms with van der Waals surface area (Å²) < 4.78 is 3.47. The van der Waals surface area contributed by atoms with E-state index in [0.29, 0.717) is 0 Å². The molecular weight excluding hydrogens is 95.0 g/mol. The molecule has 0 radical (unpaired) electrons. The van der Waals surface area contributed by atoms with E-state index in [4.69, 9.17) is 9.59 Å². The molecule has 0 aromatic heterocycles. The van der Waals surface area contributed by atoms with Crippen molar-refractivity contribution in [2.75, 3.05) is 0 Å². The molecular formula is C2H3NaO3. The Morgan fingerprint density at radius 3 is 1.67 bits per heavy atom. The van der Waals surface area contributed by atoms with Gasteiger partial charge in [0.1, 0.15) is 0 Å². The van der Waals surface area contributed by atoms with E-state index in [9.17, 15) is 0 Å². The maximum atomic E-state index is 8.95. The van der Waals surface area contributed by atoms with Gasteiger partial charge in [-0.15, -0.1) is 0 Å². The SMILES string of the molecule is O=COC=O.[H-].[Na+]. The van der Waals surface area contributed by atoms with Crippen molar-refractivity contribution in [3.8, 4) is 0 Å². The van der Waals surface area contributed by atoms with E-state index in [2.05, 4.69) is 4.74 Å². The fraction of sp³-hybridized carbons (Fsp3) is 0. The second-order valence-electron chi connectivity index (χ2n) is 0.329. The van der Waals surface area contributed by atoms with E-state index in [1.165, 1.54) is 0 Å². The number of carbonyl (C=O) groups excluding carboxylic acids is 2. The summed E-state index contributed by atoms with van der Waals surface area (Å²) in [4.78, 5) is 17.9. The average molecular weight is 98.0 g/mol. The third kappa shape index (κ3) is 8.91. The third-order valence-electron chi connectivity index (χ3n) is 0.111. The van der Waals surface area contributed by atoms with Gasteiger partial charge in [0.25, 0.3) is 0 Å². The molecule has 0 heterocycles. The van der Waals surface area contributed by atoms with E-state index in [1.807, 2.05) is 0 Å². The number of ether oxygens (including phenoxy) is 1. The van der Waals surface area contributed by atoms with Crippen LogP contribution in [0.3, 0.4) is 0 Å². The molecule has 0 saturated heterocycles. The zero-order valence-corrected chi connectivity index (χ0v) is 5.38. The van der Waals surface area contributed by atoms with Gasteiger partial charge in [0.15, 0.2) is 0 Å². The molecule has 3 nitrogen and oxygen atoms in total. The molecule has 0 aliphatic heterocycles. The second kappa shape index (κ2) is 8.94. The van der Waals surface area contributed by atoms with Gasteiger partial charge in [-0.2, -0.15) is 0 Å². The molecule has 0 aliphatic rings. The summed E-state index contributed by atoms with van der Waals surface area (Å²) in [6.07, 6.45) is 0. The van der Waals surface area contributed by atoms with Gasteiger partial charge in [-0.1, -0.05) is 0 Å². The van der Waals surface area contributed by atoms with Crippen LogP contribution in [-0.2, 0) is 14.3 Å². The van der Waals surface area contributed by atoms with E-state index in [-0.39, 0.29) is 43.9 Å². The molecule has 4 heteroatoms. The third-order valence-corrected chi connectivity index (χ3v) is 0.111. The normalized spacial score (nSPS) is 4.67. The molecule has 0 N–H and O–H groups in total. The molecule has 0 spiro atoms. The first-order valence-electron chi connectivity index (χ1n) is 0.943. The van der Waals surface area contributed by atoms with Crippen molar-refractivity contribution in [2.24, 2.45) is 0 Å². The predicted molar refractivity (Wildman–Crippen MR) is 14.3 cm³/mol. The van der Waals surface area contributed by atoms with Crippen molar-refractivity contribution in [2.45, 2.75) is 0 Å². The maximum absolute atomic E-state index is 8.95. The van der Waals surface area contributed by atoms with Gasteiger partial charge in [0.05, 0.1) is 0 Å². The molecule has 0 bridgehead atoms. The minimum atomic E-state index is 0. The summed E-state index contributed by atoms with van der Waals surface area (Å²) >= 11 is 0. The van der Waals surface area contributed by atoms with Crippen LogP contribution in [-0.4, -0.2) is 12.9 Å². The topological polar surface area (TPSA) is 43.4 Å². The Balaban J connectivity index is -0.0000000800. The molecule has 0 fully saturated rings. The van der Waals surface area contributed by atoms with Crippen molar-refractivity contribution in [3.05, 3.63) is 0 Å². The van der Waals surface area contributed by atoms with Gasteiger partial charge in [0.2, 0.25) is 0 Å². The van der Waals surface area contributed by atoms with Crippen LogP contribution in [0.15, 0.2) is 0 Å². The summed E-state index contributed by atoms with van der Waals surface area (Å²) in [6, 6.07) is 0. The van der Waals surface area contributed by atoms with Gasteiger partial charge in [-0.3, -0.25) is 9.59 Å². The van der Waals surface area contributed by atoms with Crippen molar-refractivity contribution in [1.29, 1.82) is 0 Å². The standard InChI is InChI=1S/C2H2O3.Na.H/c3-1-5-2-4;;/h1-2H;;/q;+1;-1. The molecule has 0 aromatic rings. The van der Waals surface area contributed by atoms with Crippen LogP contribution in [0.25, 0.3) is 0 Å². The summed E-state index contributed by atoms with van der Waals surface area (Å²) in [7, 11) is 0. The Labute approximate surface area is 58.4 Å². The minimum absolute atomic E-state index is 0. The Bertz CT molecular complexity index is 42.2. The second-order valence-corrected chi connectivity index (χ2v) is 0.329. The molecule has 0 amide bonds. The van der Waals surface area contributed by atoms with E-state index in [0.717, 1.165) is 0 Å². The summed E-state index contributed by atoms with van der Waals surface area (Å²) in [5, 5.41) is 0. The molecule has 0 rings (SSSR count). The van der Waals surface area contributed by atoms with Crippen molar-refractivity contribution >= 4 is 12.9 Å². The quantitative estimate of drug-likeness (QED) is 0.204. The average Bonchev–Trinajstić information content (AvgIpc) is 1.41. The molecule has 30 valence electrons. The van der Waals surface area contributed by atoms with Crippen LogP contribution >= 0.6 is 0 Å². The number of rotatable bonds is 2. The first-order chi connectivity index (χ1) is 2.41. The van der Waals surface area contributed by atoms with Crippen LogP contribution in [0.2, 0.25) is 0 Å². The van der Waals surface area contributed by atoms with Gasteiger partial charge >= 0.3 is 42.5 Å². The predicted octanol–water partition coefficient (Wildman–Crippen LogP) is -3.57. The zero-order valence-electron chi connectivity index (χ0n) is 4.38. The van der Waals surface area contributed by atoms with Gasteiger partial charge < -0.3 is 6.16 Å². The van der Waals surface area contributed by atoms with Crippen LogP contribution in [0.5, 0.6) is 0 Å². The fourth-order valence-electron chi connectivity index (χ4n) is 0.0227. The van der Waals surface area contributed by atoms with Gasteiger partial charge in [-0.25, -0.2) is 0 Å². The molecule has 0 aromatic carbocycles. The first-order valence-corrected chi connectivity index (χ1v) is 0.943. The number of hydrogen-bond acceptors (Lipinski definition) is 3. The van der Waals surface area contributed by atoms with Crippen molar-refractivity contribution in [3.63, 3.8) is 0 Å². The zero-order chi connectivity index (χ0) is 4.12. The Kier molecular flexibility index (Phi) is 14.1. The smallest absolute Gasteiger partial charge is 1.00 e. The van der Waals surface area contributed by atoms with Crippen LogP contribution in [0.1, 0.15) is 1.43 Å². The van der Waals surface area contributed by atoms with Crippen molar-refractivity contribution < 1.29 is 45.3 Å². The molecule has 0 saturated carbocycles. The Hall–Kier alpha value is 0.140. The molecule has 0 atom stereocenters. The number of hydrogen-bond donors (Lipinski definition) is 0. The molecule has 6 heavy (non-hydrogen) atoms. The van der Waals surface area contributed by atoms with Gasteiger partial charge in [0, 0.05) is 0 Å². The Morgan fingerprint density at radius 2 is 1.67 bits per heavy atom. The summed E-state index contributed by atoms with van der Waals surface area (Å²) in [6.45, 7) is 0.125. The monoisotopic (exact) mass is 98.0 g/mol. The molecule has 0 unspecified atom stereocenters. The van der Waals surface area contributed by atoms with E-state index in [1.54, 1.807) is 0 Å². The van der Waals surface area contributed by atoms with Crippen LogP contribution < -0.4 is 29.6 Å². The minimum Gasteiger partial charge on any atom is -1.00 e.